The fourth-order valence-corrected chi connectivity index (χ4v) is 7.70. The van der Waals surface area contributed by atoms with Gasteiger partial charge in [0.05, 0.1) is 25.4 Å². The summed E-state index contributed by atoms with van der Waals surface area (Å²) in [7, 11) is 0. The number of amides is 1. The van der Waals surface area contributed by atoms with Gasteiger partial charge in [0.25, 0.3) is 0 Å². The van der Waals surface area contributed by atoms with Gasteiger partial charge in [0.1, 0.15) is 24.4 Å². The second-order valence-electron chi connectivity index (χ2n) is 17.2. The van der Waals surface area contributed by atoms with Crippen LogP contribution in [0.2, 0.25) is 0 Å². The summed E-state index contributed by atoms with van der Waals surface area (Å²) in [5, 5.41) is 53.9. The number of hydrogen-bond acceptors (Lipinski definition) is 8. The Morgan fingerprint density at radius 3 is 1.49 bits per heavy atom. The number of aliphatic hydroxyl groups excluding tert-OH is 5. The van der Waals surface area contributed by atoms with Gasteiger partial charge in [0.2, 0.25) is 5.91 Å². The van der Waals surface area contributed by atoms with Crippen molar-refractivity contribution in [1.29, 1.82) is 0 Å². The molecule has 7 unspecified atom stereocenters. The van der Waals surface area contributed by atoms with E-state index in [9.17, 15) is 30.3 Å². The van der Waals surface area contributed by atoms with Gasteiger partial charge in [-0.1, -0.05) is 198 Å². The van der Waals surface area contributed by atoms with Gasteiger partial charge in [0, 0.05) is 6.42 Å². The highest BCUT2D eigenvalue weighted by molar-refractivity contribution is 5.76. The van der Waals surface area contributed by atoms with E-state index in [4.69, 9.17) is 9.47 Å². The minimum atomic E-state index is -1.57. The van der Waals surface area contributed by atoms with Crippen molar-refractivity contribution in [1.82, 2.24) is 5.32 Å². The van der Waals surface area contributed by atoms with Crippen LogP contribution in [0.1, 0.15) is 219 Å². The molecule has 0 spiro atoms. The summed E-state index contributed by atoms with van der Waals surface area (Å²) in [6.45, 7) is 3.65. The number of hydrogen-bond donors (Lipinski definition) is 6. The first-order chi connectivity index (χ1) is 28.8. The Morgan fingerprint density at radius 1 is 0.559 bits per heavy atom. The molecule has 1 heterocycles. The van der Waals surface area contributed by atoms with E-state index in [1.165, 1.54) is 154 Å². The van der Waals surface area contributed by atoms with Crippen molar-refractivity contribution >= 4 is 5.91 Å². The number of unbranched alkanes of at least 4 members (excludes halogenated alkanes) is 27. The summed E-state index contributed by atoms with van der Waals surface area (Å²) < 4.78 is 11.1. The third-order valence-corrected chi connectivity index (χ3v) is 11.7. The smallest absolute Gasteiger partial charge is 0.220 e. The Labute approximate surface area is 361 Å². The number of ether oxygens (including phenoxy) is 2. The summed E-state index contributed by atoms with van der Waals surface area (Å²) in [6, 6.07) is -0.816. The molecule has 1 amide bonds. The summed E-state index contributed by atoms with van der Waals surface area (Å²) in [4.78, 5) is 12.9. The summed E-state index contributed by atoms with van der Waals surface area (Å²) in [5.74, 6) is -0.190. The molecule has 1 rings (SSSR count). The van der Waals surface area contributed by atoms with Gasteiger partial charge in [0.15, 0.2) is 6.29 Å². The molecule has 59 heavy (non-hydrogen) atoms. The van der Waals surface area contributed by atoms with Crippen molar-refractivity contribution in [3.8, 4) is 0 Å². The second-order valence-corrected chi connectivity index (χ2v) is 17.2. The Hall–Kier alpha value is -1.59. The number of carbonyl (C=O) groups excluding carboxylic acids is 1. The maximum atomic E-state index is 12.9. The molecule has 346 valence electrons. The lowest BCUT2D eigenvalue weighted by Gasteiger charge is -2.40. The predicted molar refractivity (Wildman–Crippen MR) is 244 cm³/mol. The van der Waals surface area contributed by atoms with Crippen LogP contribution < -0.4 is 5.32 Å². The number of allylic oxidation sites excluding steroid dienone is 5. The van der Waals surface area contributed by atoms with E-state index >= 15 is 0 Å². The van der Waals surface area contributed by atoms with Crippen molar-refractivity contribution in [2.24, 2.45) is 0 Å². The average molecular weight is 836 g/mol. The molecule has 1 aliphatic heterocycles. The fraction of sp³-hybridized carbons (Fsp3) is 0.860. The van der Waals surface area contributed by atoms with E-state index in [1.54, 1.807) is 6.08 Å². The number of rotatable bonds is 41. The predicted octanol–water partition coefficient (Wildman–Crippen LogP) is 10.8. The lowest BCUT2D eigenvalue weighted by atomic mass is 9.99. The van der Waals surface area contributed by atoms with Gasteiger partial charge < -0.3 is 40.3 Å². The van der Waals surface area contributed by atoms with Crippen LogP contribution in [0.3, 0.4) is 0 Å². The topological polar surface area (TPSA) is 149 Å². The summed E-state index contributed by atoms with van der Waals surface area (Å²) >= 11 is 0. The van der Waals surface area contributed by atoms with Crippen molar-refractivity contribution in [3.05, 3.63) is 36.5 Å². The Kier molecular flexibility index (Phi) is 38.0. The van der Waals surface area contributed by atoms with Crippen LogP contribution in [0, 0.1) is 0 Å². The first kappa shape index (κ1) is 55.4. The summed E-state index contributed by atoms with van der Waals surface area (Å²) in [5.41, 5.74) is 0. The number of carbonyl (C=O) groups is 1. The number of nitrogens with one attached hydrogen (secondary N) is 1. The van der Waals surface area contributed by atoms with Gasteiger partial charge in [-0.3, -0.25) is 4.79 Å². The first-order valence-electron chi connectivity index (χ1n) is 24.7. The maximum Gasteiger partial charge on any atom is 0.220 e. The molecule has 1 aliphatic rings. The third-order valence-electron chi connectivity index (χ3n) is 11.7. The molecule has 0 bridgehead atoms. The normalized spacial score (nSPS) is 21.0. The zero-order valence-electron chi connectivity index (χ0n) is 38.0. The molecule has 0 aliphatic carbocycles. The molecular formula is C50H93NO8. The highest BCUT2D eigenvalue weighted by Crippen LogP contribution is 2.23. The maximum absolute atomic E-state index is 12.9. The molecule has 0 aromatic rings. The molecule has 0 radical (unpaired) electrons. The Bertz CT molecular complexity index is 1020. The van der Waals surface area contributed by atoms with Crippen molar-refractivity contribution in [2.45, 2.75) is 262 Å². The highest BCUT2D eigenvalue weighted by atomic mass is 16.7. The van der Waals surface area contributed by atoms with E-state index in [1.807, 2.05) is 6.08 Å². The lowest BCUT2D eigenvalue weighted by molar-refractivity contribution is -0.302. The molecule has 0 aromatic carbocycles. The molecule has 6 N–H and O–H groups in total. The molecular weight excluding hydrogens is 743 g/mol. The fourth-order valence-electron chi connectivity index (χ4n) is 7.70. The van der Waals surface area contributed by atoms with E-state index in [0.717, 1.165) is 44.9 Å². The van der Waals surface area contributed by atoms with Crippen molar-refractivity contribution < 1.29 is 39.8 Å². The van der Waals surface area contributed by atoms with Crippen LogP contribution in [-0.2, 0) is 14.3 Å². The van der Waals surface area contributed by atoms with E-state index in [2.05, 4.69) is 43.5 Å². The highest BCUT2D eigenvalue weighted by Gasteiger charge is 2.44. The van der Waals surface area contributed by atoms with E-state index in [-0.39, 0.29) is 12.5 Å². The van der Waals surface area contributed by atoms with Crippen LogP contribution in [-0.4, -0.2) is 87.5 Å². The zero-order valence-corrected chi connectivity index (χ0v) is 38.0. The van der Waals surface area contributed by atoms with Gasteiger partial charge in [-0.15, -0.1) is 0 Å². The number of aliphatic hydroxyl groups is 5. The monoisotopic (exact) mass is 836 g/mol. The van der Waals surface area contributed by atoms with Gasteiger partial charge in [-0.25, -0.2) is 0 Å². The first-order valence-corrected chi connectivity index (χ1v) is 24.7. The van der Waals surface area contributed by atoms with Crippen LogP contribution >= 0.6 is 0 Å². The van der Waals surface area contributed by atoms with Gasteiger partial charge in [-0.2, -0.15) is 0 Å². The standard InChI is InChI=1S/C50H93NO8/c1-3-5-7-9-11-12-13-14-15-16-17-18-19-20-21-22-23-24-25-26-27-28-29-30-31-32-34-36-38-40-46(54)51-43(44(53)39-37-35-33-10-8-6-4-2)42-58-50-49(57)48(56)47(55)45(41-52)59-50/h8,10,16-17,37,39,43-45,47-50,52-53,55-57H,3-7,9,11-15,18-36,38,40-42H2,1-2H3,(H,51,54)/b10-8+,17-16-,39-37+. The Morgan fingerprint density at radius 2 is 1.00 bits per heavy atom. The molecule has 0 saturated carbocycles. The largest absolute Gasteiger partial charge is 0.394 e. The molecule has 7 atom stereocenters. The molecule has 0 aromatic heterocycles. The molecule has 9 nitrogen and oxygen atoms in total. The molecule has 1 saturated heterocycles. The third kappa shape index (κ3) is 31.0. The average Bonchev–Trinajstić information content (AvgIpc) is 3.23. The quantitative estimate of drug-likeness (QED) is 0.0263. The minimum absolute atomic E-state index is 0.190. The Balaban J connectivity index is 2.09. The van der Waals surface area contributed by atoms with Gasteiger partial charge >= 0.3 is 0 Å². The van der Waals surface area contributed by atoms with Crippen LogP contribution in [0.5, 0.6) is 0 Å². The van der Waals surface area contributed by atoms with E-state index < -0.39 is 49.5 Å². The minimum Gasteiger partial charge on any atom is -0.394 e. The summed E-state index contributed by atoms with van der Waals surface area (Å²) in [6.07, 6.45) is 44.0. The second kappa shape index (κ2) is 40.5. The van der Waals surface area contributed by atoms with Crippen molar-refractivity contribution in [3.63, 3.8) is 0 Å². The van der Waals surface area contributed by atoms with Gasteiger partial charge in [-0.05, 0) is 51.4 Å². The zero-order chi connectivity index (χ0) is 43.0. The van der Waals surface area contributed by atoms with E-state index in [0.29, 0.717) is 6.42 Å². The SMILES string of the molecule is CCC/C=C/CC/C=C/C(O)C(COC1OC(CO)C(O)C(O)C1O)NC(=O)CCCCCCCCCCCCCCCCCCC/C=C\CCCCCCCCCC. The van der Waals surface area contributed by atoms with Crippen LogP contribution in [0.15, 0.2) is 36.5 Å². The lowest BCUT2D eigenvalue weighted by Crippen LogP contribution is -2.60. The molecule has 1 fully saturated rings. The van der Waals surface area contributed by atoms with Crippen molar-refractivity contribution in [2.75, 3.05) is 13.2 Å². The molecule has 9 heteroatoms. The van der Waals surface area contributed by atoms with Crippen LogP contribution in [0.4, 0.5) is 0 Å². The van der Waals surface area contributed by atoms with Crippen LogP contribution in [0.25, 0.3) is 0 Å².